The van der Waals surface area contributed by atoms with Crippen LogP contribution in [0.1, 0.15) is 16.1 Å². The molecule has 0 saturated carbocycles. The maximum atomic E-state index is 13.2. The van der Waals surface area contributed by atoms with E-state index in [1.54, 1.807) is 29.5 Å². The Bertz CT molecular complexity index is 1340. The van der Waals surface area contributed by atoms with Crippen molar-refractivity contribution in [3.05, 3.63) is 109 Å². The van der Waals surface area contributed by atoms with Crippen molar-refractivity contribution < 1.29 is 4.79 Å². The number of hydrogen-bond donors (Lipinski definition) is 1. The number of para-hydroxylation sites is 1. The van der Waals surface area contributed by atoms with Crippen molar-refractivity contribution in [3.63, 3.8) is 0 Å². The third-order valence-electron chi connectivity index (χ3n) is 5.11. The molecule has 3 aromatic heterocycles. The van der Waals surface area contributed by atoms with Crippen LogP contribution in [0.3, 0.4) is 0 Å². The Morgan fingerprint density at radius 1 is 0.871 bits per heavy atom. The van der Waals surface area contributed by atoms with Gasteiger partial charge in [-0.05, 0) is 35.7 Å². The molecule has 31 heavy (non-hydrogen) atoms. The fourth-order valence-electron chi connectivity index (χ4n) is 3.56. The first-order chi connectivity index (χ1) is 15.3. The minimum atomic E-state index is -0.205. The predicted octanol–water partition coefficient (Wildman–Crippen LogP) is 4.41. The first kappa shape index (κ1) is 18.7. The largest absolute Gasteiger partial charge is 0.346 e. The highest BCUT2D eigenvalue weighted by Gasteiger charge is 2.19. The molecule has 6 heteroatoms. The standard InChI is InChI=1S/C25H19N5O/c31-25(28-16-23-21-9-5-4-6-18(21)12-15-27-23)22-17-30(20-7-2-1-3-8-20)29-24(22)19-10-13-26-14-11-19/h1-15,17H,16H2,(H,28,31). The second-order valence-corrected chi connectivity index (χ2v) is 7.07. The number of nitrogens with zero attached hydrogens (tertiary/aromatic N) is 4. The minimum Gasteiger partial charge on any atom is -0.346 e. The molecule has 0 bridgehead atoms. The smallest absolute Gasteiger partial charge is 0.255 e. The van der Waals surface area contributed by atoms with Gasteiger partial charge in [0.05, 0.1) is 23.5 Å². The van der Waals surface area contributed by atoms with E-state index in [9.17, 15) is 4.79 Å². The Balaban J connectivity index is 1.48. The van der Waals surface area contributed by atoms with E-state index in [1.165, 1.54) is 0 Å². The molecular weight excluding hydrogens is 386 g/mol. The van der Waals surface area contributed by atoms with Crippen molar-refractivity contribution in [2.24, 2.45) is 0 Å². The van der Waals surface area contributed by atoms with Gasteiger partial charge in [-0.15, -0.1) is 0 Å². The molecule has 6 nitrogen and oxygen atoms in total. The van der Waals surface area contributed by atoms with Crippen molar-refractivity contribution in [2.75, 3.05) is 0 Å². The van der Waals surface area contributed by atoms with Crippen molar-refractivity contribution in [1.82, 2.24) is 25.1 Å². The maximum absolute atomic E-state index is 13.2. The lowest BCUT2D eigenvalue weighted by Crippen LogP contribution is -2.23. The van der Waals surface area contributed by atoms with Crippen molar-refractivity contribution in [1.29, 1.82) is 0 Å². The van der Waals surface area contributed by atoms with Crippen LogP contribution in [0.25, 0.3) is 27.7 Å². The molecule has 2 aromatic carbocycles. The second-order valence-electron chi connectivity index (χ2n) is 7.07. The van der Waals surface area contributed by atoms with Crippen LogP contribution < -0.4 is 5.32 Å². The van der Waals surface area contributed by atoms with Gasteiger partial charge in [-0.25, -0.2) is 4.68 Å². The number of carbonyl (C=O) groups excluding carboxylic acids is 1. The third kappa shape index (κ3) is 3.79. The number of benzene rings is 2. The highest BCUT2D eigenvalue weighted by molar-refractivity contribution is 6.00. The van der Waals surface area contributed by atoms with Crippen molar-refractivity contribution in [3.8, 4) is 16.9 Å². The third-order valence-corrected chi connectivity index (χ3v) is 5.11. The normalized spacial score (nSPS) is 10.8. The van der Waals surface area contributed by atoms with Crippen molar-refractivity contribution in [2.45, 2.75) is 6.54 Å². The zero-order valence-electron chi connectivity index (χ0n) is 16.6. The fourth-order valence-corrected chi connectivity index (χ4v) is 3.56. The summed E-state index contributed by atoms with van der Waals surface area (Å²) in [6.45, 7) is 0.326. The van der Waals surface area contributed by atoms with E-state index in [0.717, 1.165) is 27.7 Å². The molecule has 0 atom stereocenters. The molecule has 0 aliphatic carbocycles. The molecule has 0 aliphatic heterocycles. The van der Waals surface area contributed by atoms with Crippen LogP contribution in [-0.4, -0.2) is 25.7 Å². The summed E-state index contributed by atoms with van der Waals surface area (Å²) in [7, 11) is 0. The molecule has 5 rings (SSSR count). The summed E-state index contributed by atoms with van der Waals surface area (Å²) in [5, 5.41) is 9.82. The minimum absolute atomic E-state index is 0.205. The van der Waals surface area contributed by atoms with Crippen LogP contribution in [-0.2, 0) is 6.54 Å². The number of rotatable bonds is 5. The molecule has 1 amide bonds. The summed E-state index contributed by atoms with van der Waals surface area (Å²) in [5.41, 5.74) is 3.64. The summed E-state index contributed by atoms with van der Waals surface area (Å²) < 4.78 is 1.72. The molecule has 0 fully saturated rings. The van der Waals surface area contributed by atoms with Gasteiger partial charge in [-0.3, -0.25) is 14.8 Å². The Morgan fingerprint density at radius 3 is 2.48 bits per heavy atom. The zero-order valence-corrected chi connectivity index (χ0v) is 16.6. The number of hydrogen-bond acceptors (Lipinski definition) is 4. The molecular formula is C25H19N5O. The second kappa shape index (κ2) is 8.20. The van der Waals surface area contributed by atoms with Gasteiger partial charge in [0, 0.05) is 35.7 Å². The summed E-state index contributed by atoms with van der Waals surface area (Å²) in [6, 6.07) is 23.4. The molecule has 0 spiro atoms. The maximum Gasteiger partial charge on any atom is 0.255 e. The zero-order chi connectivity index (χ0) is 21.0. The molecule has 5 aromatic rings. The van der Waals surface area contributed by atoms with Gasteiger partial charge in [0.1, 0.15) is 5.69 Å². The Labute approximate surface area is 179 Å². The number of carbonyl (C=O) groups is 1. The average Bonchev–Trinajstić information content (AvgIpc) is 3.29. The summed E-state index contributed by atoms with van der Waals surface area (Å²) in [6.07, 6.45) is 6.91. The Morgan fingerprint density at radius 2 is 1.65 bits per heavy atom. The Kier molecular flexibility index (Phi) is 4.94. The number of aromatic nitrogens is 4. The molecule has 0 saturated heterocycles. The predicted molar refractivity (Wildman–Crippen MR) is 120 cm³/mol. The number of pyridine rings is 2. The Hall–Kier alpha value is -4.32. The van der Waals surface area contributed by atoms with Crippen LogP contribution in [0.2, 0.25) is 0 Å². The van der Waals surface area contributed by atoms with Crippen LogP contribution in [0.5, 0.6) is 0 Å². The monoisotopic (exact) mass is 405 g/mol. The number of nitrogens with one attached hydrogen (secondary N) is 1. The number of amides is 1. The lowest BCUT2D eigenvalue weighted by Gasteiger charge is -2.08. The molecule has 1 N–H and O–H groups in total. The summed E-state index contributed by atoms with van der Waals surface area (Å²) in [5.74, 6) is -0.205. The lowest BCUT2D eigenvalue weighted by atomic mass is 10.1. The van der Waals surface area contributed by atoms with Crippen molar-refractivity contribution >= 4 is 16.7 Å². The molecule has 0 aliphatic rings. The van der Waals surface area contributed by atoms with Gasteiger partial charge in [-0.2, -0.15) is 5.10 Å². The van der Waals surface area contributed by atoms with Gasteiger partial charge < -0.3 is 5.32 Å². The van der Waals surface area contributed by atoms with E-state index in [4.69, 9.17) is 0 Å². The topological polar surface area (TPSA) is 72.7 Å². The van der Waals surface area contributed by atoms with E-state index >= 15 is 0 Å². The highest BCUT2D eigenvalue weighted by atomic mass is 16.1. The fraction of sp³-hybridized carbons (Fsp3) is 0.0400. The van der Waals surface area contributed by atoms with E-state index in [2.05, 4.69) is 20.4 Å². The van der Waals surface area contributed by atoms with Gasteiger partial charge in [0.25, 0.3) is 5.91 Å². The van der Waals surface area contributed by atoms with Gasteiger partial charge >= 0.3 is 0 Å². The van der Waals surface area contributed by atoms with E-state index in [0.29, 0.717) is 17.8 Å². The molecule has 0 radical (unpaired) electrons. The van der Waals surface area contributed by atoms with Crippen LogP contribution in [0, 0.1) is 0 Å². The number of fused-ring (bicyclic) bond motifs is 1. The van der Waals surface area contributed by atoms with E-state index in [1.807, 2.05) is 72.8 Å². The lowest BCUT2D eigenvalue weighted by molar-refractivity contribution is 0.0951. The highest BCUT2D eigenvalue weighted by Crippen LogP contribution is 2.23. The molecule has 0 unspecified atom stereocenters. The van der Waals surface area contributed by atoms with Gasteiger partial charge in [-0.1, -0.05) is 42.5 Å². The first-order valence-electron chi connectivity index (χ1n) is 9.96. The quantitative estimate of drug-likeness (QED) is 0.470. The molecule has 3 heterocycles. The van der Waals surface area contributed by atoms with Crippen LogP contribution in [0.4, 0.5) is 0 Å². The van der Waals surface area contributed by atoms with Crippen LogP contribution >= 0.6 is 0 Å². The molecule has 150 valence electrons. The van der Waals surface area contributed by atoms with Gasteiger partial charge in [0.15, 0.2) is 0 Å². The SMILES string of the molecule is O=C(NCc1nccc2ccccc12)c1cn(-c2ccccc2)nc1-c1ccncc1. The van der Waals surface area contributed by atoms with Crippen LogP contribution in [0.15, 0.2) is 97.6 Å². The van der Waals surface area contributed by atoms with E-state index in [-0.39, 0.29) is 5.91 Å². The van der Waals surface area contributed by atoms with E-state index < -0.39 is 0 Å². The average molecular weight is 405 g/mol. The summed E-state index contributed by atoms with van der Waals surface area (Å²) in [4.78, 5) is 21.7. The van der Waals surface area contributed by atoms with Gasteiger partial charge in [0.2, 0.25) is 0 Å². The summed E-state index contributed by atoms with van der Waals surface area (Å²) >= 11 is 0. The first-order valence-corrected chi connectivity index (χ1v) is 9.96.